The van der Waals surface area contributed by atoms with Crippen LogP contribution < -0.4 is 11.5 Å². The Morgan fingerprint density at radius 3 is 1.64 bits per heavy atom. The van der Waals surface area contributed by atoms with Crippen molar-refractivity contribution in [1.82, 2.24) is 9.97 Å². The number of nitrogens with two attached hydrogens (primary N) is 2. The minimum Gasteiger partial charge on any atom is -0.378 e. The van der Waals surface area contributed by atoms with E-state index in [1.807, 2.05) is 0 Å². The molecule has 0 aliphatic heterocycles. The zero-order valence-corrected chi connectivity index (χ0v) is 8.65. The second-order valence-electron chi connectivity index (χ2n) is 2.10. The van der Waals surface area contributed by atoms with E-state index in [2.05, 4.69) is 9.97 Å². The zero-order chi connectivity index (χ0) is 10.6. The number of hydrogen-bond acceptors (Lipinski definition) is 6. The molecule has 0 bridgehead atoms. The van der Waals surface area contributed by atoms with Crippen LogP contribution in [0.2, 0.25) is 0 Å². The Labute approximate surface area is 88.9 Å². The predicted octanol–water partition coefficient (Wildman–Crippen LogP) is 0.448. The average Bonchev–Trinajstić information content (AvgIpc) is 2.06. The Morgan fingerprint density at radius 1 is 1.00 bits per heavy atom. The summed E-state index contributed by atoms with van der Waals surface area (Å²) >= 11 is 1.96. The lowest BCUT2D eigenvalue weighted by Crippen LogP contribution is -2.07. The van der Waals surface area contributed by atoms with Gasteiger partial charge < -0.3 is 11.5 Å². The van der Waals surface area contributed by atoms with E-state index in [0.29, 0.717) is 10.1 Å². The van der Waals surface area contributed by atoms with Crippen molar-refractivity contribution >= 4 is 33.9 Å². The number of nitrogens with zero attached hydrogens (tertiary/aromatic N) is 2. The molecule has 0 aliphatic carbocycles. The average molecular weight is 228 g/mol. The van der Waals surface area contributed by atoms with Crippen molar-refractivity contribution in [1.29, 1.82) is 10.8 Å². The number of thioether (sulfide) groups is 2. The standard InChI is InChI=1S/C6H8N6S2/c7-5(8)13-3-4(14-6(9)10)12-2-1-11-3/h1-2H,(H3,7,8)(H3,9,10). The first kappa shape index (κ1) is 10.8. The second kappa shape index (κ2) is 4.82. The topological polar surface area (TPSA) is 126 Å². The third-order valence-electron chi connectivity index (χ3n) is 1.05. The SMILES string of the molecule is N=C(N)Sc1nccnc1SC(=N)N. The van der Waals surface area contributed by atoms with Gasteiger partial charge >= 0.3 is 0 Å². The Balaban J connectivity index is 2.90. The van der Waals surface area contributed by atoms with Crippen molar-refractivity contribution in [3.8, 4) is 0 Å². The smallest absolute Gasteiger partial charge is 0.157 e. The normalized spacial score (nSPS) is 9.71. The van der Waals surface area contributed by atoms with Crippen molar-refractivity contribution < 1.29 is 0 Å². The number of rotatable bonds is 2. The molecule has 0 saturated carbocycles. The van der Waals surface area contributed by atoms with Crippen LogP contribution in [0.3, 0.4) is 0 Å². The van der Waals surface area contributed by atoms with Gasteiger partial charge in [0.1, 0.15) is 10.1 Å². The van der Waals surface area contributed by atoms with Gasteiger partial charge in [-0.1, -0.05) is 0 Å². The van der Waals surface area contributed by atoms with Gasteiger partial charge in [-0.25, -0.2) is 9.97 Å². The summed E-state index contributed by atoms with van der Waals surface area (Å²) in [6.07, 6.45) is 2.99. The van der Waals surface area contributed by atoms with Crippen LogP contribution in [0.25, 0.3) is 0 Å². The summed E-state index contributed by atoms with van der Waals surface area (Å²) in [5.41, 5.74) is 10.4. The van der Waals surface area contributed by atoms with Gasteiger partial charge in [-0.05, 0) is 23.5 Å². The molecule has 1 aromatic rings. The Kier molecular flexibility index (Phi) is 3.72. The highest BCUT2D eigenvalue weighted by atomic mass is 32.2. The molecule has 1 rings (SSSR count). The van der Waals surface area contributed by atoms with Gasteiger partial charge in [0.25, 0.3) is 0 Å². The van der Waals surface area contributed by atoms with E-state index in [4.69, 9.17) is 22.3 Å². The summed E-state index contributed by atoms with van der Waals surface area (Å²) in [7, 11) is 0. The lowest BCUT2D eigenvalue weighted by Gasteiger charge is -2.03. The lowest BCUT2D eigenvalue weighted by molar-refractivity contribution is 0.926. The molecule has 14 heavy (non-hydrogen) atoms. The van der Waals surface area contributed by atoms with Crippen molar-refractivity contribution in [2.75, 3.05) is 0 Å². The molecule has 1 heterocycles. The first-order chi connectivity index (χ1) is 6.59. The van der Waals surface area contributed by atoms with Crippen LogP contribution in [-0.2, 0) is 0 Å². The minimum absolute atomic E-state index is 0.0732. The Morgan fingerprint density at radius 2 is 1.36 bits per heavy atom. The van der Waals surface area contributed by atoms with E-state index in [1.54, 1.807) is 0 Å². The fourth-order valence-electron chi connectivity index (χ4n) is 0.661. The zero-order valence-electron chi connectivity index (χ0n) is 7.02. The summed E-state index contributed by atoms with van der Waals surface area (Å²) in [4.78, 5) is 7.96. The molecule has 0 saturated heterocycles. The molecule has 74 valence electrons. The Bertz CT molecular complexity index is 330. The molecule has 0 radical (unpaired) electrons. The third kappa shape index (κ3) is 3.23. The summed E-state index contributed by atoms with van der Waals surface area (Å²) in [5.74, 6) is 0. The first-order valence-electron chi connectivity index (χ1n) is 3.44. The van der Waals surface area contributed by atoms with Crippen molar-refractivity contribution in [3.05, 3.63) is 12.4 Å². The molecular weight excluding hydrogens is 220 g/mol. The van der Waals surface area contributed by atoms with Crippen LogP contribution in [0.4, 0.5) is 0 Å². The summed E-state index contributed by atoms with van der Waals surface area (Å²) < 4.78 is 0. The fraction of sp³-hybridized carbons (Fsp3) is 0. The molecule has 6 nitrogen and oxygen atoms in total. The van der Waals surface area contributed by atoms with Gasteiger partial charge in [0.15, 0.2) is 10.3 Å². The van der Waals surface area contributed by atoms with Crippen LogP contribution in [0.15, 0.2) is 22.4 Å². The minimum atomic E-state index is -0.0732. The van der Waals surface area contributed by atoms with Crippen LogP contribution in [-0.4, -0.2) is 20.3 Å². The van der Waals surface area contributed by atoms with Crippen molar-refractivity contribution in [2.45, 2.75) is 10.1 Å². The maximum Gasteiger partial charge on any atom is 0.157 e. The molecule has 0 aromatic carbocycles. The number of nitrogens with one attached hydrogen (secondary N) is 2. The molecule has 1 aromatic heterocycles. The van der Waals surface area contributed by atoms with E-state index in [0.717, 1.165) is 23.5 Å². The van der Waals surface area contributed by atoms with Gasteiger partial charge in [-0.2, -0.15) is 0 Å². The monoisotopic (exact) mass is 228 g/mol. The van der Waals surface area contributed by atoms with Crippen LogP contribution in [0.1, 0.15) is 0 Å². The fourth-order valence-corrected chi connectivity index (χ4v) is 1.83. The number of hydrogen-bond donors (Lipinski definition) is 4. The van der Waals surface area contributed by atoms with Crippen LogP contribution >= 0.6 is 23.5 Å². The largest absolute Gasteiger partial charge is 0.378 e. The molecule has 0 spiro atoms. The maximum atomic E-state index is 7.09. The Hall–Kier alpha value is -1.28. The quantitative estimate of drug-likeness (QED) is 0.331. The van der Waals surface area contributed by atoms with E-state index in [-0.39, 0.29) is 10.3 Å². The summed E-state index contributed by atoms with van der Waals surface area (Å²) in [6.45, 7) is 0. The van der Waals surface area contributed by atoms with E-state index in [9.17, 15) is 0 Å². The molecular formula is C6H8N6S2. The number of aromatic nitrogens is 2. The van der Waals surface area contributed by atoms with Crippen LogP contribution in [0, 0.1) is 10.8 Å². The summed E-state index contributed by atoms with van der Waals surface area (Å²) in [5, 5.41) is 15.0. The van der Waals surface area contributed by atoms with Gasteiger partial charge in [0.2, 0.25) is 0 Å². The third-order valence-corrected chi connectivity index (χ3v) is 2.60. The van der Waals surface area contributed by atoms with Gasteiger partial charge in [0, 0.05) is 12.4 Å². The molecule has 0 amide bonds. The lowest BCUT2D eigenvalue weighted by atomic mass is 10.8. The highest BCUT2D eigenvalue weighted by Crippen LogP contribution is 2.25. The van der Waals surface area contributed by atoms with Crippen molar-refractivity contribution in [3.63, 3.8) is 0 Å². The van der Waals surface area contributed by atoms with Gasteiger partial charge in [-0.3, -0.25) is 10.8 Å². The molecule has 0 atom stereocenters. The van der Waals surface area contributed by atoms with Gasteiger partial charge in [0.05, 0.1) is 0 Å². The molecule has 6 N–H and O–H groups in total. The highest BCUT2D eigenvalue weighted by Gasteiger charge is 2.08. The van der Waals surface area contributed by atoms with Crippen molar-refractivity contribution in [2.24, 2.45) is 11.5 Å². The maximum absolute atomic E-state index is 7.09. The predicted molar refractivity (Wildman–Crippen MR) is 57.6 cm³/mol. The van der Waals surface area contributed by atoms with E-state index in [1.165, 1.54) is 12.4 Å². The van der Waals surface area contributed by atoms with E-state index >= 15 is 0 Å². The van der Waals surface area contributed by atoms with Gasteiger partial charge in [-0.15, -0.1) is 0 Å². The molecule has 0 fully saturated rings. The highest BCUT2D eigenvalue weighted by molar-refractivity contribution is 8.16. The first-order valence-corrected chi connectivity index (χ1v) is 5.07. The van der Waals surface area contributed by atoms with Crippen LogP contribution in [0.5, 0.6) is 0 Å². The number of amidine groups is 2. The summed E-state index contributed by atoms with van der Waals surface area (Å²) in [6, 6.07) is 0. The second-order valence-corrected chi connectivity index (χ2v) is 4.16. The van der Waals surface area contributed by atoms with E-state index < -0.39 is 0 Å². The molecule has 0 aliphatic rings. The molecule has 8 heteroatoms. The molecule has 0 unspecified atom stereocenters.